The van der Waals surface area contributed by atoms with E-state index in [1.54, 1.807) is 36.4 Å². The normalized spacial score (nSPS) is 11.0. The number of anilines is 1. The van der Waals surface area contributed by atoms with E-state index in [2.05, 4.69) is 10.0 Å². The molecule has 1 amide bonds. The van der Waals surface area contributed by atoms with Crippen molar-refractivity contribution in [3.63, 3.8) is 0 Å². The van der Waals surface area contributed by atoms with Gasteiger partial charge in [-0.2, -0.15) is 0 Å². The highest BCUT2D eigenvalue weighted by Gasteiger charge is 2.14. The number of amides is 1. The van der Waals surface area contributed by atoms with E-state index in [1.165, 1.54) is 19.2 Å². The molecule has 0 saturated carbocycles. The number of nitrogens with one attached hydrogen (secondary N) is 2. The van der Waals surface area contributed by atoms with Crippen molar-refractivity contribution >= 4 is 33.2 Å². The van der Waals surface area contributed by atoms with Gasteiger partial charge < -0.3 is 5.32 Å². The van der Waals surface area contributed by atoms with Crippen LogP contribution in [0.4, 0.5) is 5.69 Å². The maximum atomic E-state index is 12.1. The highest BCUT2D eigenvalue weighted by Crippen LogP contribution is 2.19. The largest absolute Gasteiger partial charge is 0.355 e. The molecule has 0 fully saturated rings. The lowest BCUT2D eigenvalue weighted by Crippen LogP contribution is -2.18. The van der Waals surface area contributed by atoms with Gasteiger partial charge in [0.25, 0.3) is 5.91 Å². The maximum absolute atomic E-state index is 12.1. The van der Waals surface area contributed by atoms with Gasteiger partial charge in [-0.15, -0.1) is 0 Å². The molecule has 0 atom stereocenters. The van der Waals surface area contributed by atoms with E-state index in [0.717, 1.165) is 0 Å². The Kier molecular flexibility index (Phi) is 5.05. The van der Waals surface area contributed by atoms with E-state index in [-0.39, 0.29) is 11.7 Å². The van der Waals surface area contributed by atoms with Gasteiger partial charge >= 0.3 is 0 Å². The first-order valence-electron chi connectivity index (χ1n) is 6.47. The summed E-state index contributed by atoms with van der Waals surface area (Å²) in [5.74, 6) is -0.449. The molecule has 0 bridgehead atoms. The predicted molar refractivity (Wildman–Crippen MR) is 87.5 cm³/mol. The van der Waals surface area contributed by atoms with Crippen molar-refractivity contribution in [2.24, 2.45) is 0 Å². The van der Waals surface area contributed by atoms with Crippen molar-refractivity contribution in [3.8, 4) is 0 Å². The third kappa shape index (κ3) is 4.22. The van der Waals surface area contributed by atoms with Crippen LogP contribution in [0.2, 0.25) is 5.02 Å². The minimum absolute atomic E-state index is 0.218. The molecule has 0 aromatic heterocycles. The Bertz CT molecular complexity index is 774. The SMILES string of the molecule is CNC(=O)c1ccc(NS(=O)(=O)Cc2ccccc2Cl)cc1. The van der Waals surface area contributed by atoms with Gasteiger partial charge in [-0.25, -0.2) is 8.42 Å². The second-order valence-electron chi connectivity index (χ2n) is 4.61. The summed E-state index contributed by atoms with van der Waals surface area (Å²) < 4.78 is 26.8. The Hall–Kier alpha value is -2.05. The Labute approximate surface area is 134 Å². The highest BCUT2D eigenvalue weighted by molar-refractivity contribution is 7.91. The summed E-state index contributed by atoms with van der Waals surface area (Å²) in [5.41, 5.74) is 1.37. The molecule has 0 aliphatic heterocycles. The van der Waals surface area contributed by atoms with Crippen molar-refractivity contribution in [2.45, 2.75) is 5.75 Å². The summed E-state index contributed by atoms with van der Waals surface area (Å²) in [7, 11) is -2.05. The molecule has 2 aromatic rings. The highest BCUT2D eigenvalue weighted by atomic mass is 35.5. The predicted octanol–water partition coefficient (Wildman–Crippen LogP) is 2.64. The van der Waals surface area contributed by atoms with Gasteiger partial charge in [-0.1, -0.05) is 29.8 Å². The van der Waals surface area contributed by atoms with Crippen LogP contribution in [0.1, 0.15) is 15.9 Å². The number of carbonyl (C=O) groups is 1. The Morgan fingerprint density at radius 3 is 2.32 bits per heavy atom. The molecule has 0 spiro atoms. The number of halogens is 1. The molecule has 2 N–H and O–H groups in total. The van der Waals surface area contributed by atoms with Gasteiger partial charge in [-0.3, -0.25) is 9.52 Å². The van der Waals surface area contributed by atoms with E-state index in [0.29, 0.717) is 21.8 Å². The molecule has 0 saturated heterocycles. The van der Waals surface area contributed by atoms with E-state index in [1.807, 2.05) is 0 Å². The lowest BCUT2D eigenvalue weighted by molar-refractivity contribution is 0.0963. The molecule has 116 valence electrons. The average molecular weight is 339 g/mol. The van der Waals surface area contributed by atoms with Gasteiger partial charge in [0.05, 0.1) is 5.75 Å². The number of benzene rings is 2. The molecule has 0 radical (unpaired) electrons. The van der Waals surface area contributed by atoms with Gasteiger partial charge in [0.2, 0.25) is 10.0 Å². The van der Waals surface area contributed by atoms with Crippen molar-refractivity contribution in [2.75, 3.05) is 11.8 Å². The van der Waals surface area contributed by atoms with E-state index in [4.69, 9.17) is 11.6 Å². The third-order valence-electron chi connectivity index (χ3n) is 2.95. The van der Waals surface area contributed by atoms with E-state index < -0.39 is 10.0 Å². The molecule has 0 heterocycles. The summed E-state index contributed by atoms with van der Waals surface area (Å²) in [6.45, 7) is 0. The fraction of sp³-hybridized carbons (Fsp3) is 0.133. The van der Waals surface area contributed by atoms with Crippen LogP contribution in [-0.4, -0.2) is 21.4 Å². The fourth-order valence-corrected chi connectivity index (χ4v) is 3.38. The molecule has 5 nitrogen and oxygen atoms in total. The lowest BCUT2D eigenvalue weighted by atomic mass is 10.2. The van der Waals surface area contributed by atoms with Crippen molar-refractivity contribution in [3.05, 3.63) is 64.7 Å². The summed E-state index contributed by atoms with van der Waals surface area (Å²) in [6.07, 6.45) is 0. The van der Waals surface area contributed by atoms with Crippen LogP contribution in [0.25, 0.3) is 0 Å². The molecular formula is C15H15ClN2O3S. The second-order valence-corrected chi connectivity index (χ2v) is 6.74. The van der Waals surface area contributed by atoms with Crippen LogP contribution >= 0.6 is 11.6 Å². The number of hydrogen-bond acceptors (Lipinski definition) is 3. The summed E-state index contributed by atoms with van der Waals surface area (Å²) in [6, 6.07) is 12.9. The maximum Gasteiger partial charge on any atom is 0.251 e. The molecule has 2 aromatic carbocycles. The molecule has 22 heavy (non-hydrogen) atoms. The molecule has 0 unspecified atom stereocenters. The van der Waals surface area contributed by atoms with Crippen LogP contribution in [0.5, 0.6) is 0 Å². The first-order valence-corrected chi connectivity index (χ1v) is 8.50. The average Bonchev–Trinajstić information content (AvgIpc) is 2.49. The topological polar surface area (TPSA) is 75.3 Å². The van der Waals surface area contributed by atoms with Gasteiger partial charge in [-0.05, 0) is 35.9 Å². The van der Waals surface area contributed by atoms with E-state index in [9.17, 15) is 13.2 Å². The number of hydrogen-bond donors (Lipinski definition) is 2. The first kappa shape index (κ1) is 16.3. The van der Waals surface area contributed by atoms with Crippen LogP contribution in [0, 0.1) is 0 Å². The summed E-state index contributed by atoms with van der Waals surface area (Å²) in [5, 5.41) is 2.90. The molecule has 2 rings (SSSR count). The minimum atomic E-state index is -3.58. The molecule has 7 heteroatoms. The first-order chi connectivity index (χ1) is 10.4. The van der Waals surface area contributed by atoms with Gasteiger partial charge in [0.1, 0.15) is 0 Å². The standard InChI is InChI=1S/C15H15ClN2O3S/c1-17-15(19)11-6-8-13(9-7-11)18-22(20,21)10-12-4-2-3-5-14(12)16/h2-9,18H,10H2,1H3,(H,17,19). The quantitative estimate of drug-likeness (QED) is 0.880. The van der Waals surface area contributed by atoms with Crippen molar-refractivity contribution in [1.82, 2.24) is 5.32 Å². The Morgan fingerprint density at radius 2 is 1.73 bits per heavy atom. The van der Waals surface area contributed by atoms with E-state index >= 15 is 0 Å². The zero-order valence-corrected chi connectivity index (χ0v) is 13.4. The smallest absolute Gasteiger partial charge is 0.251 e. The van der Waals surface area contributed by atoms with Crippen LogP contribution in [0.15, 0.2) is 48.5 Å². The monoisotopic (exact) mass is 338 g/mol. The van der Waals surface area contributed by atoms with Crippen LogP contribution in [0.3, 0.4) is 0 Å². The fourth-order valence-electron chi connectivity index (χ4n) is 1.87. The number of rotatable bonds is 5. The molecule has 0 aliphatic rings. The summed E-state index contributed by atoms with van der Waals surface area (Å²) >= 11 is 5.97. The van der Waals surface area contributed by atoms with Gasteiger partial charge in [0, 0.05) is 23.3 Å². The summed E-state index contributed by atoms with van der Waals surface area (Å²) in [4.78, 5) is 11.4. The third-order valence-corrected chi connectivity index (χ3v) is 4.56. The lowest BCUT2D eigenvalue weighted by Gasteiger charge is -2.09. The van der Waals surface area contributed by atoms with Crippen LogP contribution in [-0.2, 0) is 15.8 Å². The zero-order valence-electron chi connectivity index (χ0n) is 11.8. The minimum Gasteiger partial charge on any atom is -0.355 e. The van der Waals surface area contributed by atoms with Gasteiger partial charge in [0.15, 0.2) is 0 Å². The number of sulfonamides is 1. The van der Waals surface area contributed by atoms with Crippen molar-refractivity contribution in [1.29, 1.82) is 0 Å². The number of carbonyl (C=O) groups excluding carboxylic acids is 1. The molecular weight excluding hydrogens is 324 g/mol. The second kappa shape index (κ2) is 6.81. The Balaban J connectivity index is 2.12. The zero-order chi connectivity index (χ0) is 16.2. The molecule has 0 aliphatic carbocycles. The van der Waals surface area contributed by atoms with Crippen LogP contribution < -0.4 is 10.0 Å². The van der Waals surface area contributed by atoms with Crippen molar-refractivity contribution < 1.29 is 13.2 Å². The Morgan fingerprint density at radius 1 is 1.09 bits per heavy atom.